The van der Waals surface area contributed by atoms with Crippen LogP contribution in [0.2, 0.25) is 0 Å². The van der Waals surface area contributed by atoms with Crippen molar-refractivity contribution in [3.63, 3.8) is 0 Å². The lowest BCUT2D eigenvalue weighted by molar-refractivity contribution is 0.117. The molecule has 1 aromatic rings. The maximum absolute atomic E-state index is 10.7. The van der Waals surface area contributed by atoms with Crippen molar-refractivity contribution in [2.45, 2.75) is 0 Å². The van der Waals surface area contributed by atoms with E-state index in [0.717, 1.165) is 7.11 Å². The van der Waals surface area contributed by atoms with Crippen LogP contribution in [0.3, 0.4) is 0 Å². The second-order valence-corrected chi connectivity index (χ2v) is 2.11. The minimum atomic E-state index is -1.50. The van der Waals surface area contributed by atoms with Crippen molar-refractivity contribution in [2.24, 2.45) is 0 Å². The van der Waals surface area contributed by atoms with Crippen molar-refractivity contribution in [3.8, 4) is 11.5 Å². The maximum atomic E-state index is 10.7. The molecule has 0 aliphatic heterocycles. The molecule has 0 bridgehead atoms. The zero-order chi connectivity index (χ0) is 10.6. The number of H-pyrrole nitrogens is 1. The predicted octanol–water partition coefficient (Wildman–Crippen LogP) is 1.22. The minimum Gasteiger partial charge on any atom is -0.449 e. The van der Waals surface area contributed by atoms with Gasteiger partial charge in [0.25, 0.3) is 0 Å². The van der Waals surface area contributed by atoms with Crippen LogP contribution < -0.4 is 9.47 Å². The first-order chi connectivity index (χ1) is 6.63. The number of hydrogen-bond acceptors (Lipinski definition) is 5. The summed E-state index contributed by atoms with van der Waals surface area (Å²) < 4.78 is 13.0. The normalized spacial score (nSPS) is 9.21. The molecule has 0 unspecified atom stereocenters. The third-order valence-corrected chi connectivity index (χ3v) is 1.23. The van der Waals surface area contributed by atoms with E-state index in [4.69, 9.17) is 5.11 Å². The molecule has 0 aliphatic rings. The fourth-order valence-electron chi connectivity index (χ4n) is 0.720. The number of methoxy groups -OCH3 is 1. The van der Waals surface area contributed by atoms with Gasteiger partial charge in [-0.25, -0.2) is 9.59 Å². The van der Waals surface area contributed by atoms with Crippen LogP contribution in [0.1, 0.15) is 0 Å². The Bertz CT molecular complexity index is 344. The Kier molecular flexibility index (Phi) is 2.95. The Morgan fingerprint density at radius 2 is 1.86 bits per heavy atom. The van der Waals surface area contributed by atoms with Crippen LogP contribution in [-0.4, -0.2) is 29.5 Å². The SMILES string of the molecule is COC(=O)Oc1c[nH]cc1OC(=O)O. The first kappa shape index (κ1) is 9.90. The number of carbonyl (C=O) groups excluding carboxylic acids is 1. The van der Waals surface area contributed by atoms with Gasteiger partial charge >= 0.3 is 12.3 Å². The molecule has 0 spiro atoms. The lowest BCUT2D eigenvalue weighted by atomic mass is 10.5. The van der Waals surface area contributed by atoms with Crippen molar-refractivity contribution in [2.75, 3.05) is 7.11 Å². The third-order valence-electron chi connectivity index (χ3n) is 1.23. The number of aromatic amines is 1. The van der Waals surface area contributed by atoms with E-state index in [0.29, 0.717) is 0 Å². The van der Waals surface area contributed by atoms with Gasteiger partial charge in [-0.05, 0) is 0 Å². The quantitative estimate of drug-likeness (QED) is 0.698. The van der Waals surface area contributed by atoms with Gasteiger partial charge in [-0.15, -0.1) is 0 Å². The van der Waals surface area contributed by atoms with Gasteiger partial charge in [0.2, 0.25) is 0 Å². The second-order valence-electron chi connectivity index (χ2n) is 2.11. The molecule has 2 N–H and O–H groups in total. The van der Waals surface area contributed by atoms with E-state index in [9.17, 15) is 9.59 Å². The molecule has 0 radical (unpaired) electrons. The van der Waals surface area contributed by atoms with Gasteiger partial charge in [0.15, 0.2) is 11.5 Å². The van der Waals surface area contributed by atoms with Crippen LogP contribution >= 0.6 is 0 Å². The van der Waals surface area contributed by atoms with Crippen molar-refractivity contribution < 1.29 is 28.9 Å². The van der Waals surface area contributed by atoms with Crippen molar-refractivity contribution in [3.05, 3.63) is 12.4 Å². The highest BCUT2D eigenvalue weighted by atomic mass is 16.7. The molecule has 1 rings (SSSR count). The summed E-state index contributed by atoms with van der Waals surface area (Å²) in [6.45, 7) is 0. The molecule has 76 valence electrons. The molecule has 0 saturated carbocycles. The number of ether oxygens (including phenoxy) is 3. The fourth-order valence-corrected chi connectivity index (χ4v) is 0.720. The molecule has 0 aliphatic carbocycles. The monoisotopic (exact) mass is 201 g/mol. The Hall–Kier alpha value is -2.18. The van der Waals surface area contributed by atoms with Crippen molar-refractivity contribution in [1.29, 1.82) is 0 Å². The van der Waals surface area contributed by atoms with Gasteiger partial charge < -0.3 is 24.3 Å². The molecule has 14 heavy (non-hydrogen) atoms. The molecule has 0 atom stereocenters. The number of rotatable bonds is 2. The molecule has 1 aromatic heterocycles. The lowest BCUT2D eigenvalue weighted by Gasteiger charge is -2.01. The van der Waals surface area contributed by atoms with Gasteiger partial charge in [0.05, 0.1) is 7.11 Å². The van der Waals surface area contributed by atoms with Crippen LogP contribution in [0.4, 0.5) is 9.59 Å². The summed E-state index contributed by atoms with van der Waals surface area (Å²) in [6.07, 6.45) is 0.0286. The van der Waals surface area contributed by atoms with E-state index in [1.165, 1.54) is 12.4 Å². The number of carboxylic acid groups (broad SMARTS) is 1. The Morgan fingerprint density at radius 3 is 2.36 bits per heavy atom. The topological polar surface area (TPSA) is 97.9 Å². The average Bonchev–Trinajstić information content (AvgIpc) is 2.52. The molecule has 0 saturated heterocycles. The van der Waals surface area contributed by atoms with Crippen LogP contribution in [0, 0.1) is 0 Å². The van der Waals surface area contributed by atoms with E-state index in [1.807, 2.05) is 0 Å². The molecule has 1 heterocycles. The Morgan fingerprint density at radius 1 is 1.29 bits per heavy atom. The summed E-state index contributed by atoms with van der Waals surface area (Å²) >= 11 is 0. The van der Waals surface area contributed by atoms with E-state index in [2.05, 4.69) is 19.2 Å². The largest absolute Gasteiger partial charge is 0.513 e. The predicted molar refractivity (Wildman–Crippen MR) is 42.5 cm³/mol. The summed E-state index contributed by atoms with van der Waals surface area (Å²) in [5.74, 6) is -0.165. The van der Waals surface area contributed by atoms with Gasteiger partial charge in [0, 0.05) is 12.4 Å². The van der Waals surface area contributed by atoms with E-state index < -0.39 is 12.3 Å². The summed E-state index contributed by atoms with van der Waals surface area (Å²) in [4.78, 5) is 23.3. The fraction of sp³-hybridized carbons (Fsp3) is 0.143. The van der Waals surface area contributed by atoms with Crippen LogP contribution in [0.25, 0.3) is 0 Å². The van der Waals surface area contributed by atoms with Gasteiger partial charge in [-0.3, -0.25) is 0 Å². The van der Waals surface area contributed by atoms with Gasteiger partial charge in [-0.1, -0.05) is 0 Å². The molecule has 7 heteroatoms. The molecular weight excluding hydrogens is 194 g/mol. The van der Waals surface area contributed by atoms with E-state index in [-0.39, 0.29) is 11.5 Å². The van der Waals surface area contributed by atoms with Crippen molar-refractivity contribution in [1.82, 2.24) is 4.98 Å². The summed E-state index contributed by atoms with van der Waals surface area (Å²) in [7, 11) is 1.13. The second kappa shape index (κ2) is 4.17. The molecule has 0 fully saturated rings. The maximum Gasteiger partial charge on any atom is 0.513 e. The number of hydrogen-bond donors (Lipinski definition) is 2. The van der Waals surface area contributed by atoms with E-state index >= 15 is 0 Å². The number of carbonyl (C=O) groups is 2. The number of nitrogens with one attached hydrogen (secondary N) is 1. The first-order valence-corrected chi connectivity index (χ1v) is 3.47. The number of aromatic nitrogens is 1. The van der Waals surface area contributed by atoms with E-state index in [1.54, 1.807) is 0 Å². The third kappa shape index (κ3) is 2.41. The molecule has 0 amide bonds. The first-order valence-electron chi connectivity index (χ1n) is 3.47. The summed E-state index contributed by atoms with van der Waals surface area (Å²) in [5.41, 5.74) is 0. The summed E-state index contributed by atoms with van der Waals surface area (Å²) in [5, 5.41) is 8.29. The highest BCUT2D eigenvalue weighted by Gasteiger charge is 2.13. The zero-order valence-corrected chi connectivity index (χ0v) is 7.14. The standard InChI is InChI=1S/C7H7NO6/c1-12-7(11)14-5-3-8-2-4(5)13-6(9)10/h2-3,8H,1H3,(H,9,10). The Balaban J connectivity index is 2.72. The summed E-state index contributed by atoms with van der Waals surface area (Å²) in [6, 6.07) is 0. The lowest BCUT2D eigenvalue weighted by Crippen LogP contribution is -2.09. The zero-order valence-electron chi connectivity index (χ0n) is 7.14. The van der Waals surface area contributed by atoms with Gasteiger partial charge in [0.1, 0.15) is 0 Å². The highest BCUT2D eigenvalue weighted by Crippen LogP contribution is 2.26. The van der Waals surface area contributed by atoms with Gasteiger partial charge in [-0.2, -0.15) is 0 Å². The molecule has 7 nitrogen and oxygen atoms in total. The Labute approximate surface area is 78.2 Å². The minimum absolute atomic E-state index is 0.0562. The van der Waals surface area contributed by atoms with Crippen LogP contribution in [0.5, 0.6) is 11.5 Å². The highest BCUT2D eigenvalue weighted by molar-refractivity contribution is 5.67. The molecular formula is C7H7NO6. The van der Waals surface area contributed by atoms with Crippen LogP contribution in [0.15, 0.2) is 12.4 Å². The average molecular weight is 201 g/mol. The van der Waals surface area contributed by atoms with Crippen molar-refractivity contribution >= 4 is 12.3 Å². The van der Waals surface area contributed by atoms with Crippen LogP contribution in [-0.2, 0) is 4.74 Å². The molecule has 0 aromatic carbocycles. The smallest absolute Gasteiger partial charge is 0.449 e.